The third-order valence-electron chi connectivity index (χ3n) is 3.78. The fourth-order valence-corrected chi connectivity index (χ4v) is 3.02. The molecule has 0 aliphatic rings. The van der Waals surface area contributed by atoms with E-state index in [1.807, 2.05) is 25.7 Å². The molecule has 21 heavy (non-hydrogen) atoms. The van der Waals surface area contributed by atoms with E-state index in [4.69, 9.17) is 11.6 Å². The SMILES string of the molecule is CCNC(Cc1c(C)nn(C)c1Cl)c1cn(C)nc1CC. The number of hydrogen-bond acceptors (Lipinski definition) is 3. The summed E-state index contributed by atoms with van der Waals surface area (Å²) >= 11 is 6.38. The van der Waals surface area contributed by atoms with Gasteiger partial charge in [-0.25, -0.2) is 0 Å². The minimum atomic E-state index is 0.207. The number of aromatic nitrogens is 4. The summed E-state index contributed by atoms with van der Waals surface area (Å²) < 4.78 is 3.62. The van der Waals surface area contributed by atoms with E-state index in [0.29, 0.717) is 0 Å². The molecule has 1 N–H and O–H groups in total. The normalized spacial score (nSPS) is 12.9. The number of nitrogens with one attached hydrogen (secondary N) is 1. The fraction of sp³-hybridized carbons (Fsp3) is 0.600. The van der Waals surface area contributed by atoms with E-state index in [1.165, 1.54) is 5.56 Å². The van der Waals surface area contributed by atoms with Crippen molar-refractivity contribution in [3.63, 3.8) is 0 Å². The first-order chi connectivity index (χ1) is 9.97. The highest BCUT2D eigenvalue weighted by molar-refractivity contribution is 6.30. The Morgan fingerprint density at radius 2 is 2.00 bits per heavy atom. The lowest BCUT2D eigenvalue weighted by Gasteiger charge is -2.18. The molecule has 0 bridgehead atoms. The first-order valence-corrected chi connectivity index (χ1v) is 7.79. The predicted octanol–water partition coefficient (Wildman–Crippen LogP) is 2.57. The predicted molar refractivity (Wildman–Crippen MR) is 85.7 cm³/mol. The summed E-state index contributed by atoms with van der Waals surface area (Å²) in [4.78, 5) is 0. The van der Waals surface area contributed by atoms with E-state index < -0.39 is 0 Å². The van der Waals surface area contributed by atoms with Gasteiger partial charge >= 0.3 is 0 Å². The van der Waals surface area contributed by atoms with Crippen molar-refractivity contribution in [3.8, 4) is 0 Å². The van der Waals surface area contributed by atoms with Gasteiger partial charge in [-0.2, -0.15) is 10.2 Å². The monoisotopic (exact) mass is 309 g/mol. The van der Waals surface area contributed by atoms with Crippen LogP contribution in [0.3, 0.4) is 0 Å². The lowest BCUT2D eigenvalue weighted by atomic mass is 9.99. The minimum Gasteiger partial charge on any atom is -0.310 e. The summed E-state index contributed by atoms with van der Waals surface area (Å²) in [6, 6.07) is 0.207. The number of rotatable bonds is 6. The van der Waals surface area contributed by atoms with Crippen molar-refractivity contribution in [2.75, 3.05) is 6.54 Å². The van der Waals surface area contributed by atoms with E-state index in [9.17, 15) is 0 Å². The smallest absolute Gasteiger partial charge is 0.130 e. The van der Waals surface area contributed by atoms with Crippen molar-refractivity contribution in [1.82, 2.24) is 24.9 Å². The van der Waals surface area contributed by atoms with Crippen LogP contribution in [0.2, 0.25) is 5.15 Å². The average molecular weight is 310 g/mol. The number of nitrogens with zero attached hydrogens (tertiary/aromatic N) is 4. The van der Waals surface area contributed by atoms with Crippen molar-refractivity contribution in [3.05, 3.63) is 33.9 Å². The zero-order valence-corrected chi connectivity index (χ0v) is 14.2. The van der Waals surface area contributed by atoms with Crippen molar-refractivity contribution >= 4 is 11.6 Å². The number of halogens is 1. The summed E-state index contributed by atoms with van der Waals surface area (Å²) in [6.07, 6.45) is 3.86. The zero-order chi connectivity index (χ0) is 15.6. The second kappa shape index (κ2) is 6.62. The molecule has 1 atom stereocenters. The van der Waals surface area contributed by atoms with Crippen LogP contribution in [0, 0.1) is 6.92 Å². The van der Waals surface area contributed by atoms with E-state index in [-0.39, 0.29) is 6.04 Å². The molecule has 0 saturated carbocycles. The Labute approximate surface area is 131 Å². The highest BCUT2D eigenvalue weighted by Gasteiger charge is 2.21. The molecular weight excluding hydrogens is 286 g/mol. The molecule has 0 spiro atoms. The second-order valence-electron chi connectivity index (χ2n) is 5.35. The third kappa shape index (κ3) is 3.30. The van der Waals surface area contributed by atoms with Crippen LogP contribution in [0.1, 0.15) is 42.4 Å². The Hall–Kier alpha value is -1.33. The Bertz CT molecular complexity index is 614. The van der Waals surface area contributed by atoms with Gasteiger partial charge in [-0.3, -0.25) is 9.36 Å². The lowest BCUT2D eigenvalue weighted by Crippen LogP contribution is -2.24. The molecule has 2 rings (SSSR count). The third-order valence-corrected chi connectivity index (χ3v) is 4.25. The molecule has 5 nitrogen and oxygen atoms in total. The summed E-state index contributed by atoms with van der Waals surface area (Å²) in [5.74, 6) is 0. The zero-order valence-electron chi connectivity index (χ0n) is 13.4. The largest absolute Gasteiger partial charge is 0.310 e. The van der Waals surface area contributed by atoms with Gasteiger partial charge < -0.3 is 5.32 Å². The molecular formula is C15H24ClN5. The van der Waals surface area contributed by atoms with Crippen molar-refractivity contribution in [2.45, 2.75) is 39.7 Å². The fourth-order valence-electron chi connectivity index (χ4n) is 2.77. The van der Waals surface area contributed by atoms with Crippen LogP contribution in [0.15, 0.2) is 6.20 Å². The summed E-state index contributed by atoms with van der Waals surface area (Å²) in [7, 11) is 3.84. The van der Waals surface area contributed by atoms with Crippen molar-refractivity contribution in [2.24, 2.45) is 14.1 Å². The van der Waals surface area contributed by atoms with Gasteiger partial charge in [0.15, 0.2) is 0 Å². The average Bonchev–Trinajstić information content (AvgIpc) is 2.93. The molecule has 0 fully saturated rings. The molecule has 2 aromatic rings. The number of likely N-dealkylation sites (N-methyl/N-ethyl adjacent to an activating group) is 1. The highest BCUT2D eigenvalue weighted by Crippen LogP contribution is 2.27. The van der Waals surface area contributed by atoms with Crippen molar-refractivity contribution in [1.29, 1.82) is 0 Å². The maximum atomic E-state index is 6.38. The van der Waals surface area contributed by atoms with Gasteiger partial charge in [0.2, 0.25) is 0 Å². The molecule has 1 unspecified atom stereocenters. The van der Waals surface area contributed by atoms with Gasteiger partial charge in [0.05, 0.1) is 11.4 Å². The standard InChI is InChI=1S/C15H24ClN5/c1-6-13-12(9-20(4)19-13)14(17-7-2)8-11-10(3)18-21(5)15(11)16/h9,14,17H,6-8H2,1-5H3. The summed E-state index contributed by atoms with van der Waals surface area (Å²) in [5.41, 5.74) is 4.49. The van der Waals surface area contributed by atoms with Gasteiger partial charge in [0.1, 0.15) is 5.15 Å². The number of aryl methyl sites for hydroxylation is 4. The highest BCUT2D eigenvalue weighted by atomic mass is 35.5. The van der Waals surface area contributed by atoms with E-state index in [1.54, 1.807) is 4.68 Å². The van der Waals surface area contributed by atoms with Gasteiger partial charge in [0, 0.05) is 37.5 Å². The van der Waals surface area contributed by atoms with Crippen molar-refractivity contribution < 1.29 is 0 Å². The molecule has 0 saturated heterocycles. The Morgan fingerprint density at radius 1 is 1.29 bits per heavy atom. The second-order valence-corrected chi connectivity index (χ2v) is 5.71. The Morgan fingerprint density at radius 3 is 2.52 bits per heavy atom. The molecule has 2 aromatic heterocycles. The summed E-state index contributed by atoms with van der Waals surface area (Å²) in [5, 5.41) is 13.2. The van der Waals surface area contributed by atoms with Crippen LogP contribution in [-0.4, -0.2) is 26.1 Å². The molecule has 0 radical (unpaired) electrons. The van der Waals surface area contributed by atoms with Crippen LogP contribution in [0.25, 0.3) is 0 Å². The van der Waals surface area contributed by atoms with Crippen LogP contribution >= 0.6 is 11.6 Å². The Kier molecular flexibility index (Phi) is 5.06. The summed E-state index contributed by atoms with van der Waals surface area (Å²) in [6.45, 7) is 7.16. The van der Waals surface area contributed by atoms with E-state index >= 15 is 0 Å². The first-order valence-electron chi connectivity index (χ1n) is 7.41. The van der Waals surface area contributed by atoms with Gasteiger partial charge in [-0.15, -0.1) is 0 Å². The van der Waals surface area contributed by atoms with Gasteiger partial charge in [-0.05, 0) is 26.3 Å². The van der Waals surface area contributed by atoms with Crippen LogP contribution in [-0.2, 0) is 26.9 Å². The molecule has 0 amide bonds. The molecule has 0 aliphatic carbocycles. The molecule has 2 heterocycles. The van der Waals surface area contributed by atoms with Gasteiger partial charge in [0.25, 0.3) is 0 Å². The maximum Gasteiger partial charge on any atom is 0.130 e. The molecule has 116 valence electrons. The molecule has 0 aromatic carbocycles. The molecule has 6 heteroatoms. The lowest BCUT2D eigenvalue weighted by molar-refractivity contribution is 0.544. The molecule has 0 aliphatic heterocycles. The van der Waals surface area contributed by atoms with Gasteiger partial charge in [-0.1, -0.05) is 25.4 Å². The van der Waals surface area contributed by atoms with Crippen LogP contribution in [0.4, 0.5) is 0 Å². The Balaban J connectivity index is 2.35. The van der Waals surface area contributed by atoms with E-state index in [2.05, 4.69) is 35.6 Å². The minimum absolute atomic E-state index is 0.207. The first kappa shape index (κ1) is 16.0. The van der Waals surface area contributed by atoms with Crippen LogP contribution in [0.5, 0.6) is 0 Å². The van der Waals surface area contributed by atoms with Crippen LogP contribution < -0.4 is 5.32 Å². The topological polar surface area (TPSA) is 47.7 Å². The quantitative estimate of drug-likeness (QED) is 0.892. The number of hydrogen-bond donors (Lipinski definition) is 1. The maximum absolute atomic E-state index is 6.38. The van der Waals surface area contributed by atoms with E-state index in [0.717, 1.165) is 41.5 Å².